The molecule has 100 valence electrons. The zero-order valence-electron chi connectivity index (χ0n) is 10.5. The monoisotopic (exact) mass is 257 g/mol. The van der Waals surface area contributed by atoms with Crippen molar-refractivity contribution in [3.8, 4) is 0 Å². The minimum absolute atomic E-state index is 0.0211. The van der Waals surface area contributed by atoms with Crippen molar-refractivity contribution in [2.45, 2.75) is 31.6 Å². The SMILES string of the molecule is CCOC1CC(Nc2cc(F)cc(F)c2)C1OC. The van der Waals surface area contributed by atoms with Gasteiger partial charge < -0.3 is 14.8 Å². The second kappa shape index (κ2) is 5.63. The van der Waals surface area contributed by atoms with Gasteiger partial charge in [0.25, 0.3) is 0 Å². The van der Waals surface area contributed by atoms with Crippen molar-refractivity contribution in [1.29, 1.82) is 0 Å². The Labute approximate surface area is 105 Å². The van der Waals surface area contributed by atoms with Gasteiger partial charge in [-0.05, 0) is 25.5 Å². The Morgan fingerprint density at radius 2 is 1.94 bits per heavy atom. The van der Waals surface area contributed by atoms with Crippen molar-refractivity contribution >= 4 is 5.69 Å². The molecule has 1 aromatic carbocycles. The highest BCUT2D eigenvalue weighted by atomic mass is 19.1. The lowest BCUT2D eigenvalue weighted by Gasteiger charge is -2.43. The lowest BCUT2D eigenvalue weighted by atomic mass is 9.85. The van der Waals surface area contributed by atoms with Gasteiger partial charge in [0.2, 0.25) is 0 Å². The van der Waals surface area contributed by atoms with E-state index in [1.54, 1.807) is 7.11 Å². The van der Waals surface area contributed by atoms with Crippen LogP contribution in [0.25, 0.3) is 0 Å². The first kappa shape index (κ1) is 13.2. The second-order valence-electron chi connectivity index (χ2n) is 4.34. The molecule has 0 heterocycles. The molecule has 0 saturated heterocycles. The lowest BCUT2D eigenvalue weighted by Crippen LogP contribution is -2.56. The number of hydrogen-bond donors (Lipinski definition) is 1. The van der Waals surface area contributed by atoms with Crippen molar-refractivity contribution in [1.82, 2.24) is 0 Å². The Balaban J connectivity index is 1.98. The molecule has 0 bridgehead atoms. The zero-order chi connectivity index (χ0) is 13.1. The number of nitrogens with one attached hydrogen (secondary N) is 1. The van der Waals surface area contributed by atoms with Gasteiger partial charge in [0.1, 0.15) is 17.7 Å². The molecular weight excluding hydrogens is 240 g/mol. The molecule has 18 heavy (non-hydrogen) atoms. The van der Waals surface area contributed by atoms with Gasteiger partial charge in [0, 0.05) is 25.5 Å². The summed E-state index contributed by atoms with van der Waals surface area (Å²) in [6.45, 7) is 2.56. The summed E-state index contributed by atoms with van der Waals surface area (Å²) in [5.74, 6) is -1.18. The van der Waals surface area contributed by atoms with Crippen LogP contribution in [0.2, 0.25) is 0 Å². The van der Waals surface area contributed by atoms with Crippen molar-refractivity contribution in [3.63, 3.8) is 0 Å². The summed E-state index contributed by atoms with van der Waals surface area (Å²) in [7, 11) is 1.61. The fourth-order valence-electron chi connectivity index (χ4n) is 2.27. The number of anilines is 1. The van der Waals surface area contributed by atoms with E-state index in [1.807, 2.05) is 6.92 Å². The molecule has 1 saturated carbocycles. The lowest BCUT2D eigenvalue weighted by molar-refractivity contribution is -0.118. The maximum Gasteiger partial charge on any atom is 0.128 e. The molecule has 5 heteroatoms. The fourth-order valence-corrected chi connectivity index (χ4v) is 2.27. The third kappa shape index (κ3) is 2.79. The van der Waals surface area contributed by atoms with Crippen molar-refractivity contribution in [3.05, 3.63) is 29.8 Å². The molecule has 0 spiro atoms. The van der Waals surface area contributed by atoms with Crippen LogP contribution in [-0.2, 0) is 9.47 Å². The number of hydrogen-bond acceptors (Lipinski definition) is 3. The Bertz CT molecular complexity index is 394. The standard InChI is InChI=1S/C13H17F2NO2/c1-3-18-12-7-11(13(12)17-2)16-10-5-8(14)4-9(15)6-10/h4-6,11-13,16H,3,7H2,1-2H3. The first-order valence-electron chi connectivity index (χ1n) is 6.01. The predicted octanol–water partition coefficient (Wildman–Crippen LogP) is 2.57. The zero-order valence-corrected chi connectivity index (χ0v) is 10.5. The van der Waals surface area contributed by atoms with Crippen LogP contribution in [-0.4, -0.2) is 32.0 Å². The molecular formula is C13H17F2NO2. The predicted molar refractivity (Wildman–Crippen MR) is 64.6 cm³/mol. The van der Waals surface area contributed by atoms with Crippen LogP contribution in [0.1, 0.15) is 13.3 Å². The Morgan fingerprint density at radius 3 is 2.50 bits per heavy atom. The van der Waals surface area contributed by atoms with Gasteiger partial charge in [-0.15, -0.1) is 0 Å². The number of methoxy groups -OCH3 is 1. The molecule has 0 amide bonds. The highest BCUT2D eigenvalue weighted by molar-refractivity contribution is 5.45. The molecule has 3 unspecified atom stereocenters. The molecule has 0 aliphatic heterocycles. The van der Waals surface area contributed by atoms with Crippen molar-refractivity contribution < 1.29 is 18.3 Å². The van der Waals surface area contributed by atoms with Gasteiger partial charge in [-0.2, -0.15) is 0 Å². The molecule has 3 atom stereocenters. The van der Waals surface area contributed by atoms with E-state index in [9.17, 15) is 8.78 Å². The molecule has 0 radical (unpaired) electrons. The van der Waals surface area contributed by atoms with E-state index in [0.717, 1.165) is 12.5 Å². The number of ether oxygens (including phenoxy) is 2. The fraction of sp³-hybridized carbons (Fsp3) is 0.538. The first-order valence-corrected chi connectivity index (χ1v) is 6.01. The average molecular weight is 257 g/mol. The first-order chi connectivity index (χ1) is 8.63. The van der Waals surface area contributed by atoms with E-state index < -0.39 is 11.6 Å². The quantitative estimate of drug-likeness (QED) is 0.879. The van der Waals surface area contributed by atoms with Crippen LogP contribution >= 0.6 is 0 Å². The summed E-state index contributed by atoms with van der Waals surface area (Å²) in [6.07, 6.45) is 0.733. The Morgan fingerprint density at radius 1 is 1.28 bits per heavy atom. The van der Waals surface area contributed by atoms with Gasteiger partial charge in [0.15, 0.2) is 0 Å². The summed E-state index contributed by atoms with van der Waals surface area (Å²) < 4.78 is 36.9. The minimum Gasteiger partial charge on any atom is -0.379 e. The van der Waals surface area contributed by atoms with Gasteiger partial charge >= 0.3 is 0 Å². The Kier molecular flexibility index (Phi) is 4.14. The number of rotatable bonds is 5. The van der Waals surface area contributed by atoms with Crippen LogP contribution in [0.5, 0.6) is 0 Å². The third-order valence-electron chi connectivity index (χ3n) is 3.12. The van der Waals surface area contributed by atoms with Gasteiger partial charge in [-0.1, -0.05) is 0 Å². The van der Waals surface area contributed by atoms with Crippen molar-refractivity contribution in [2.24, 2.45) is 0 Å². The van der Waals surface area contributed by atoms with Gasteiger partial charge in [-0.3, -0.25) is 0 Å². The van der Waals surface area contributed by atoms with Crippen molar-refractivity contribution in [2.75, 3.05) is 19.0 Å². The van der Waals surface area contributed by atoms with Crippen LogP contribution in [0.3, 0.4) is 0 Å². The van der Waals surface area contributed by atoms with E-state index >= 15 is 0 Å². The second-order valence-corrected chi connectivity index (χ2v) is 4.34. The summed E-state index contributed by atoms with van der Waals surface area (Å²) in [5, 5.41) is 3.06. The van der Waals surface area contributed by atoms with E-state index in [4.69, 9.17) is 9.47 Å². The van der Waals surface area contributed by atoms with E-state index in [-0.39, 0.29) is 18.2 Å². The van der Waals surface area contributed by atoms with Crippen LogP contribution in [0, 0.1) is 11.6 Å². The van der Waals surface area contributed by atoms with E-state index in [0.29, 0.717) is 12.3 Å². The summed E-state index contributed by atoms with van der Waals surface area (Å²) in [5.41, 5.74) is 0.425. The normalized spacial score (nSPS) is 26.8. The maximum atomic E-state index is 13.0. The minimum atomic E-state index is -0.591. The van der Waals surface area contributed by atoms with E-state index in [2.05, 4.69) is 5.32 Å². The van der Waals surface area contributed by atoms with E-state index in [1.165, 1.54) is 12.1 Å². The molecule has 1 fully saturated rings. The van der Waals surface area contributed by atoms with Gasteiger partial charge in [-0.25, -0.2) is 8.78 Å². The van der Waals surface area contributed by atoms with Crippen LogP contribution < -0.4 is 5.32 Å². The van der Waals surface area contributed by atoms with Crippen LogP contribution in [0.15, 0.2) is 18.2 Å². The smallest absolute Gasteiger partial charge is 0.128 e. The molecule has 1 aliphatic rings. The summed E-state index contributed by atoms with van der Waals surface area (Å²) in [4.78, 5) is 0. The molecule has 1 N–H and O–H groups in total. The number of benzene rings is 1. The summed E-state index contributed by atoms with van der Waals surface area (Å²) >= 11 is 0. The maximum absolute atomic E-state index is 13.0. The van der Waals surface area contributed by atoms with Gasteiger partial charge in [0.05, 0.1) is 12.1 Å². The van der Waals surface area contributed by atoms with Crippen LogP contribution in [0.4, 0.5) is 14.5 Å². The largest absolute Gasteiger partial charge is 0.379 e. The third-order valence-corrected chi connectivity index (χ3v) is 3.12. The summed E-state index contributed by atoms with van der Waals surface area (Å²) in [6, 6.07) is 3.41. The Hall–Kier alpha value is -1.20. The topological polar surface area (TPSA) is 30.5 Å². The highest BCUT2D eigenvalue weighted by Gasteiger charge is 2.42. The molecule has 1 aromatic rings. The molecule has 3 nitrogen and oxygen atoms in total. The average Bonchev–Trinajstić information content (AvgIpc) is 2.26. The number of halogens is 2. The molecule has 2 rings (SSSR count). The molecule has 0 aromatic heterocycles. The highest BCUT2D eigenvalue weighted by Crippen LogP contribution is 2.30. The molecule has 1 aliphatic carbocycles.